The molecule has 1 atom stereocenters. The van der Waals surface area contributed by atoms with Crippen LogP contribution in [0.2, 0.25) is 0 Å². The van der Waals surface area contributed by atoms with Crippen molar-refractivity contribution in [3.05, 3.63) is 90.0 Å². The first kappa shape index (κ1) is 20.8. The molecule has 3 rings (SSSR count). The molecular formula is C24H25NO3S. The fourth-order valence-electron chi connectivity index (χ4n) is 2.75. The van der Waals surface area contributed by atoms with Gasteiger partial charge in [0.25, 0.3) is 5.91 Å². The molecule has 0 fully saturated rings. The van der Waals surface area contributed by atoms with Crippen LogP contribution in [0.15, 0.2) is 83.8 Å². The molecule has 0 aliphatic heterocycles. The van der Waals surface area contributed by atoms with Crippen molar-refractivity contribution in [3.63, 3.8) is 0 Å². The Labute approximate surface area is 176 Å². The number of rotatable bonds is 9. The number of hydrogen-bond acceptors (Lipinski definition) is 4. The van der Waals surface area contributed by atoms with E-state index in [1.807, 2.05) is 73.7 Å². The van der Waals surface area contributed by atoms with Crippen LogP contribution < -0.4 is 14.8 Å². The van der Waals surface area contributed by atoms with Crippen LogP contribution >= 0.6 is 11.8 Å². The van der Waals surface area contributed by atoms with E-state index >= 15 is 0 Å². The van der Waals surface area contributed by atoms with E-state index in [0.29, 0.717) is 12.2 Å². The highest BCUT2D eigenvalue weighted by molar-refractivity contribution is 7.98. The summed E-state index contributed by atoms with van der Waals surface area (Å²) in [5.41, 5.74) is 1.92. The van der Waals surface area contributed by atoms with Crippen molar-refractivity contribution in [2.75, 3.05) is 13.7 Å². The summed E-state index contributed by atoms with van der Waals surface area (Å²) in [6.07, 6.45) is 0. The van der Waals surface area contributed by atoms with Crippen LogP contribution in [-0.4, -0.2) is 25.7 Å². The molecule has 1 amide bonds. The Kier molecular flexibility index (Phi) is 7.59. The highest BCUT2D eigenvalue weighted by Crippen LogP contribution is 2.26. The van der Waals surface area contributed by atoms with Crippen molar-refractivity contribution >= 4 is 17.7 Å². The zero-order valence-corrected chi connectivity index (χ0v) is 17.4. The summed E-state index contributed by atoms with van der Waals surface area (Å²) in [5.74, 6) is 2.25. The second kappa shape index (κ2) is 10.6. The molecule has 150 valence electrons. The third-order valence-electron chi connectivity index (χ3n) is 4.31. The fourth-order valence-corrected chi connectivity index (χ4v) is 3.76. The first-order valence-corrected chi connectivity index (χ1v) is 10.5. The molecule has 0 radical (unpaired) electrons. The van der Waals surface area contributed by atoms with Gasteiger partial charge in [0, 0.05) is 10.6 Å². The molecule has 0 heterocycles. The Hall–Kier alpha value is -2.92. The Bertz CT molecular complexity index is 913. The number of methoxy groups -OCH3 is 1. The molecule has 0 bridgehead atoms. The fraction of sp³-hybridized carbons (Fsp3) is 0.208. The van der Waals surface area contributed by atoms with E-state index in [2.05, 4.69) is 17.4 Å². The maximum atomic E-state index is 12.8. The molecule has 0 aliphatic rings. The lowest BCUT2D eigenvalue weighted by atomic mass is 10.2. The maximum Gasteiger partial charge on any atom is 0.252 e. The van der Waals surface area contributed by atoms with Gasteiger partial charge in [-0.2, -0.15) is 0 Å². The molecular weight excluding hydrogens is 382 g/mol. The summed E-state index contributed by atoms with van der Waals surface area (Å²) in [6.45, 7) is 2.32. The van der Waals surface area contributed by atoms with E-state index in [-0.39, 0.29) is 11.9 Å². The van der Waals surface area contributed by atoms with E-state index in [9.17, 15) is 4.79 Å². The summed E-state index contributed by atoms with van der Waals surface area (Å²) in [5, 5.41) is 3.03. The number of benzene rings is 3. The largest absolute Gasteiger partial charge is 0.497 e. The minimum atomic E-state index is -0.128. The highest BCUT2D eigenvalue weighted by atomic mass is 32.2. The highest BCUT2D eigenvalue weighted by Gasteiger charge is 2.14. The van der Waals surface area contributed by atoms with Crippen molar-refractivity contribution in [1.29, 1.82) is 0 Å². The quantitative estimate of drug-likeness (QED) is 0.496. The number of nitrogens with one attached hydrogen (secondary N) is 1. The van der Waals surface area contributed by atoms with Crippen molar-refractivity contribution in [2.45, 2.75) is 23.6 Å². The lowest BCUT2D eigenvalue weighted by Crippen LogP contribution is -2.37. The van der Waals surface area contributed by atoms with Gasteiger partial charge in [-0.25, -0.2) is 0 Å². The Morgan fingerprint density at radius 2 is 1.59 bits per heavy atom. The van der Waals surface area contributed by atoms with Crippen molar-refractivity contribution in [1.82, 2.24) is 5.32 Å². The number of thioether (sulfide) groups is 1. The van der Waals surface area contributed by atoms with Crippen LogP contribution in [0.3, 0.4) is 0 Å². The Balaban J connectivity index is 1.55. The normalized spacial score (nSPS) is 11.5. The van der Waals surface area contributed by atoms with Crippen LogP contribution in [0, 0.1) is 0 Å². The van der Waals surface area contributed by atoms with Crippen molar-refractivity contribution < 1.29 is 14.3 Å². The van der Waals surface area contributed by atoms with Gasteiger partial charge in [-0.1, -0.05) is 42.5 Å². The number of hydrogen-bond donors (Lipinski definition) is 1. The summed E-state index contributed by atoms with van der Waals surface area (Å²) >= 11 is 1.67. The predicted molar refractivity (Wildman–Crippen MR) is 118 cm³/mol. The topological polar surface area (TPSA) is 47.6 Å². The summed E-state index contributed by atoms with van der Waals surface area (Å²) < 4.78 is 10.9. The Morgan fingerprint density at radius 3 is 2.31 bits per heavy atom. The molecule has 0 saturated carbocycles. The first-order chi connectivity index (χ1) is 14.2. The smallest absolute Gasteiger partial charge is 0.252 e. The van der Waals surface area contributed by atoms with Crippen LogP contribution in [0.5, 0.6) is 11.5 Å². The van der Waals surface area contributed by atoms with Crippen LogP contribution in [0.4, 0.5) is 0 Å². The molecule has 0 aromatic heterocycles. The van der Waals surface area contributed by atoms with Crippen LogP contribution in [0.1, 0.15) is 22.8 Å². The summed E-state index contributed by atoms with van der Waals surface area (Å²) in [7, 11) is 1.63. The van der Waals surface area contributed by atoms with E-state index < -0.39 is 0 Å². The summed E-state index contributed by atoms with van der Waals surface area (Å²) in [4.78, 5) is 13.8. The second-order valence-electron chi connectivity index (χ2n) is 6.63. The van der Waals surface area contributed by atoms with E-state index in [1.165, 1.54) is 5.56 Å². The van der Waals surface area contributed by atoms with E-state index in [4.69, 9.17) is 9.47 Å². The number of carbonyl (C=O) groups excluding carboxylic acids is 1. The van der Waals surface area contributed by atoms with Gasteiger partial charge in [0.05, 0.1) is 18.7 Å². The van der Waals surface area contributed by atoms with Crippen molar-refractivity contribution in [2.24, 2.45) is 0 Å². The zero-order valence-electron chi connectivity index (χ0n) is 16.6. The van der Waals surface area contributed by atoms with Gasteiger partial charge in [-0.05, 0) is 48.9 Å². The molecule has 0 saturated heterocycles. The zero-order chi connectivity index (χ0) is 20.5. The first-order valence-electron chi connectivity index (χ1n) is 9.49. The van der Waals surface area contributed by atoms with E-state index in [0.717, 1.165) is 22.1 Å². The van der Waals surface area contributed by atoms with Crippen molar-refractivity contribution in [3.8, 4) is 11.5 Å². The van der Waals surface area contributed by atoms with Gasteiger partial charge in [0.1, 0.15) is 18.1 Å². The molecule has 0 aliphatic carbocycles. The van der Waals surface area contributed by atoms with Gasteiger partial charge < -0.3 is 14.8 Å². The average Bonchev–Trinajstić information content (AvgIpc) is 2.77. The molecule has 3 aromatic carbocycles. The van der Waals surface area contributed by atoms with Crippen LogP contribution in [0.25, 0.3) is 0 Å². The van der Waals surface area contributed by atoms with Gasteiger partial charge in [0.15, 0.2) is 0 Å². The molecule has 1 N–H and O–H groups in total. The number of ether oxygens (including phenoxy) is 2. The van der Waals surface area contributed by atoms with Gasteiger partial charge in [-0.3, -0.25) is 4.79 Å². The minimum absolute atomic E-state index is 0.0907. The SMILES string of the molecule is COc1ccc(OC[C@@H](C)NC(=O)c2ccccc2SCc2ccccc2)cc1. The number of carbonyl (C=O) groups is 1. The Morgan fingerprint density at radius 1 is 0.931 bits per heavy atom. The molecule has 0 spiro atoms. The van der Waals surface area contributed by atoms with Gasteiger partial charge in [-0.15, -0.1) is 11.8 Å². The predicted octanol–water partition coefficient (Wildman–Crippen LogP) is 5.18. The molecule has 5 heteroatoms. The molecule has 4 nitrogen and oxygen atoms in total. The summed E-state index contributed by atoms with van der Waals surface area (Å²) in [6, 6.07) is 25.2. The number of amides is 1. The molecule has 3 aromatic rings. The minimum Gasteiger partial charge on any atom is -0.497 e. The van der Waals surface area contributed by atoms with Gasteiger partial charge in [0.2, 0.25) is 0 Å². The standard InChI is InChI=1S/C24H25NO3S/c1-18(16-28-21-14-12-20(27-2)13-15-21)25-24(26)22-10-6-7-11-23(22)29-17-19-8-4-3-5-9-19/h3-15,18H,16-17H2,1-2H3,(H,25,26)/t18-/m1/s1. The lowest BCUT2D eigenvalue weighted by molar-refractivity contribution is 0.0923. The van der Waals surface area contributed by atoms with Gasteiger partial charge >= 0.3 is 0 Å². The van der Waals surface area contributed by atoms with Crippen LogP contribution in [-0.2, 0) is 5.75 Å². The third kappa shape index (κ3) is 6.29. The lowest BCUT2D eigenvalue weighted by Gasteiger charge is -2.16. The van der Waals surface area contributed by atoms with E-state index in [1.54, 1.807) is 18.9 Å². The second-order valence-corrected chi connectivity index (χ2v) is 7.65. The average molecular weight is 408 g/mol. The monoisotopic (exact) mass is 407 g/mol. The maximum absolute atomic E-state index is 12.8. The molecule has 0 unspecified atom stereocenters. The molecule has 29 heavy (non-hydrogen) atoms. The third-order valence-corrected chi connectivity index (χ3v) is 5.45.